The number of benzene rings is 1. The Labute approximate surface area is 105 Å². The maximum Gasteiger partial charge on any atom is 0.416 e. The van der Waals surface area contributed by atoms with E-state index in [0.29, 0.717) is 0 Å². The molecule has 1 aromatic carbocycles. The van der Waals surface area contributed by atoms with Gasteiger partial charge in [0.25, 0.3) is 5.78 Å². The van der Waals surface area contributed by atoms with E-state index in [2.05, 4.69) is 4.74 Å². The monoisotopic (exact) mass is 280 g/mol. The van der Waals surface area contributed by atoms with E-state index in [4.69, 9.17) is 11.6 Å². The minimum absolute atomic E-state index is 0.0973. The maximum atomic E-state index is 12.3. The molecule has 98 valence electrons. The molecule has 0 bridgehead atoms. The maximum absolute atomic E-state index is 12.3. The molecule has 1 aromatic rings. The average molecular weight is 281 g/mol. The summed E-state index contributed by atoms with van der Waals surface area (Å²) in [6.45, 7) is 0. The zero-order chi connectivity index (χ0) is 13.9. The van der Waals surface area contributed by atoms with Crippen molar-refractivity contribution in [3.8, 4) is 0 Å². The normalized spacial score (nSPS) is 12.9. The van der Waals surface area contributed by atoms with Gasteiger partial charge in [0.15, 0.2) is 0 Å². The zero-order valence-corrected chi connectivity index (χ0v) is 9.88. The second kappa shape index (κ2) is 5.39. The summed E-state index contributed by atoms with van der Waals surface area (Å²) in [5.74, 6) is -2.17. The Balaban J connectivity index is 2.92. The standard InChI is InChI=1S/C11H8ClF3O3/c1-18-10(17)9(16)8(12)6-2-4-7(5-3-6)11(13,14)15/h2-5,8H,1H3/t8-/m1/s1. The molecule has 3 nitrogen and oxygen atoms in total. The van der Waals surface area contributed by atoms with E-state index in [1.165, 1.54) is 0 Å². The number of ketones is 1. The first-order valence-electron chi connectivity index (χ1n) is 4.70. The van der Waals surface area contributed by atoms with Crippen molar-refractivity contribution in [1.29, 1.82) is 0 Å². The average Bonchev–Trinajstić information content (AvgIpc) is 2.35. The predicted octanol–water partition coefficient (Wildman–Crippen LogP) is 2.73. The molecule has 0 heterocycles. The van der Waals surface area contributed by atoms with E-state index in [1.807, 2.05) is 0 Å². The molecule has 0 aliphatic heterocycles. The molecule has 0 unspecified atom stereocenters. The van der Waals surface area contributed by atoms with Gasteiger partial charge < -0.3 is 4.74 Å². The van der Waals surface area contributed by atoms with Crippen LogP contribution in [0.3, 0.4) is 0 Å². The molecule has 0 amide bonds. The third-order valence-electron chi connectivity index (χ3n) is 2.15. The third kappa shape index (κ3) is 3.22. The Kier molecular flexibility index (Phi) is 4.34. The smallest absolute Gasteiger partial charge is 0.416 e. The van der Waals surface area contributed by atoms with Gasteiger partial charge in [0.1, 0.15) is 5.38 Å². The van der Waals surface area contributed by atoms with Crippen molar-refractivity contribution in [2.45, 2.75) is 11.6 Å². The molecule has 1 atom stereocenters. The van der Waals surface area contributed by atoms with E-state index < -0.39 is 28.9 Å². The molecule has 0 saturated heterocycles. The quantitative estimate of drug-likeness (QED) is 0.486. The number of hydrogen-bond donors (Lipinski definition) is 0. The summed E-state index contributed by atoms with van der Waals surface area (Å²) < 4.78 is 41.0. The minimum atomic E-state index is -4.47. The van der Waals surface area contributed by atoms with Crippen LogP contribution in [0.2, 0.25) is 0 Å². The Morgan fingerprint density at radius 3 is 2.11 bits per heavy atom. The molecule has 1 rings (SSSR count). The van der Waals surface area contributed by atoms with Crippen LogP contribution in [0.15, 0.2) is 24.3 Å². The summed E-state index contributed by atoms with van der Waals surface area (Å²) in [6.07, 6.45) is -4.47. The van der Waals surface area contributed by atoms with Crippen molar-refractivity contribution in [2.24, 2.45) is 0 Å². The first kappa shape index (κ1) is 14.5. The molecule has 0 saturated carbocycles. The highest BCUT2D eigenvalue weighted by Gasteiger charge is 2.31. The minimum Gasteiger partial charge on any atom is -0.463 e. The van der Waals surface area contributed by atoms with Crippen LogP contribution in [0.1, 0.15) is 16.5 Å². The number of ether oxygens (including phenoxy) is 1. The van der Waals surface area contributed by atoms with Gasteiger partial charge in [-0.15, -0.1) is 11.6 Å². The van der Waals surface area contributed by atoms with E-state index in [9.17, 15) is 22.8 Å². The Morgan fingerprint density at radius 2 is 1.72 bits per heavy atom. The second-order valence-corrected chi connectivity index (χ2v) is 3.77. The van der Waals surface area contributed by atoms with Crippen LogP contribution in [-0.2, 0) is 20.5 Å². The van der Waals surface area contributed by atoms with E-state index >= 15 is 0 Å². The van der Waals surface area contributed by atoms with Gasteiger partial charge >= 0.3 is 12.1 Å². The summed E-state index contributed by atoms with van der Waals surface area (Å²) in [6, 6.07) is 3.66. The zero-order valence-electron chi connectivity index (χ0n) is 9.12. The fourth-order valence-corrected chi connectivity index (χ4v) is 1.43. The highest BCUT2D eigenvalue weighted by atomic mass is 35.5. The van der Waals surface area contributed by atoms with Gasteiger partial charge in [-0.2, -0.15) is 13.2 Å². The summed E-state index contributed by atoms with van der Waals surface area (Å²) in [5, 5.41) is -1.36. The molecule has 18 heavy (non-hydrogen) atoms. The molecule has 0 radical (unpaired) electrons. The number of carbonyl (C=O) groups excluding carboxylic acids is 2. The van der Waals surface area contributed by atoms with Gasteiger partial charge in [0.05, 0.1) is 12.7 Å². The number of Topliss-reactive ketones (excluding diaryl/α,β-unsaturated/α-hetero) is 1. The molecule has 0 spiro atoms. The lowest BCUT2D eigenvalue weighted by atomic mass is 10.1. The van der Waals surface area contributed by atoms with E-state index in [0.717, 1.165) is 31.4 Å². The lowest BCUT2D eigenvalue weighted by molar-refractivity contribution is -0.151. The van der Waals surface area contributed by atoms with Gasteiger partial charge in [-0.25, -0.2) is 4.79 Å². The third-order valence-corrected chi connectivity index (χ3v) is 2.60. The molecular formula is C11H8ClF3O3. The highest BCUT2D eigenvalue weighted by molar-refractivity contribution is 6.47. The lowest BCUT2D eigenvalue weighted by Gasteiger charge is -2.10. The second-order valence-electron chi connectivity index (χ2n) is 3.34. The Bertz CT molecular complexity index is 454. The SMILES string of the molecule is COC(=O)C(=O)[C@H](Cl)c1ccc(C(F)(F)F)cc1. The van der Waals surface area contributed by atoms with Crippen molar-refractivity contribution >= 4 is 23.4 Å². The fourth-order valence-electron chi connectivity index (χ4n) is 1.20. The van der Waals surface area contributed by atoms with Gasteiger partial charge in [0, 0.05) is 0 Å². The van der Waals surface area contributed by atoms with E-state index in [1.54, 1.807) is 0 Å². The van der Waals surface area contributed by atoms with Crippen LogP contribution in [0.5, 0.6) is 0 Å². The van der Waals surface area contributed by atoms with Crippen molar-refractivity contribution in [2.75, 3.05) is 7.11 Å². The van der Waals surface area contributed by atoms with Crippen LogP contribution in [-0.4, -0.2) is 18.9 Å². The molecule has 0 fully saturated rings. The summed E-state index contributed by atoms with van der Waals surface area (Å²) in [7, 11) is 1.01. The van der Waals surface area contributed by atoms with Crippen molar-refractivity contribution in [1.82, 2.24) is 0 Å². The van der Waals surface area contributed by atoms with Crippen LogP contribution in [0, 0.1) is 0 Å². The largest absolute Gasteiger partial charge is 0.463 e. The van der Waals surface area contributed by atoms with Gasteiger partial charge in [0.2, 0.25) is 0 Å². The van der Waals surface area contributed by atoms with Crippen LogP contribution < -0.4 is 0 Å². The molecule has 0 aromatic heterocycles. The molecule has 0 aliphatic carbocycles. The first-order chi connectivity index (χ1) is 8.27. The number of carbonyl (C=O) groups is 2. The molecule has 0 aliphatic rings. The van der Waals surface area contributed by atoms with Crippen molar-refractivity contribution in [3.05, 3.63) is 35.4 Å². The summed E-state index contributed by atoms with van der Waals surface area (Å²) in [5.41, 5.74) is -0.763. The summed E-state index contributed by atoms with van der Waals surface area (Å²) >= 11 is 5.67. The Morgan fingerprint density at radius 1 is 1.22 bits per heavy atom. The summed E-state index contributed by atoms with van der Waals surface area (Å²) in [4.78, 5) is 22.2. The van der Waals surface area contributed by atoms with Crippen molar-refractivity contribution in [3.63, 3.8) is 0 Å². The predicted molar refractivity (Wildman–Crippen MR) is 57.1 cm³/mol. The number of hydrogen-bond acceptors (Lipinski definition) is 3. The number of methoxy groups -OCH3 is 1. The number of alkyl halides is 4. The van der Waals surface area contributed by atoms with Gasteiger partial charge in [-0.05, 0) is 17.7 Å². The topological polar surface area (TPSA) is 43.4 Å². The van der Waals surface area contributed by atoms with E-state index in [-0.39, 0.29) is 5.56 Å². The first-order valence-corrected chi connectivity index (χ1v) is 5.14. The molecule has 0 N–H and O–H groups in total. The van der Waals surface area contributed by atoms with Crippen LogP contribution >= 0.6 is 11.6 Å². The number of halogens is 4. The molecule has 7 heteroatoms. The van der Waals surface area contributed by atoms with Crippen LogP contribution in [0.25, 0.3) is 0 Å². The fraction of sp³-hybridized carbons (Fsp3) is 0.273. The van der Waals surface area contributed by atoms with Gasteiger partial charge in [-0.3, -0.25) is 4.79 Å². The number of rotatable bonds is 3. The van der Waals surface area contributed by atoms with Crippen LogP contribution in [0.4, 0.5) is 13.2 Å². The number of esters is 1. The highest BCUT2D eigenvalue weighted by Crippen LogP contribution is 2.31. The lowest BCUT2D eigenvalue weighted by Crippen LogP contribution is -2.20. The Hall–Kier alpha value is -1.56. The van der Waals surface area contributed by atoms with Crippen molar-refractivity contribution < 1.29 is 27.5 Å². The van der Waals surface area contributed by atoms with Gasteiger partial charge in [-0.1, -0.05) is 12.1 Å². The molecular weight excluding hydrogens is 273 g/mol.